The van der Waals surface area contributed by atoms with Crippen molar-refractivity contribution in [1.29, 1.82) is 0 Å². The first-order valence-corrected chi connectivity index (χ1v) is 9.26. The average molecular weight is 327 g/mol. The van der Waals surface area contributed by atoms with Crippen molar-refractivity contribution in [3.05, 3.63) is 94.2 Å². The highest BCUT2D eigenvalue weighted by atomic mass is 14.1. The smallest absolute Gasteiger partial charge is 0.101 e. The number of allylic oxidation sites excluding steroid dienone is 4. The normalized spacial score (nSPS) is 15.0. The quantitative estimate of drug-likeness (QED) is 0.576. The van der Waals surface area contributed by atoms with Crippen molar-refractivity contribution in [2.45, 2.75) is 41.5 Å². The molecule has 1 radical (unpaired) electrons. The number of aryl methyl sites for hydroxylation is 4. The van der Waals surface area contributed by atoms with E-state index >= 15 is 0 Å². The van der Waals surface area contributed by atoms with Gasteiger partial charge in [0, 0.05) is 6.08 Å². The molecule has 0 spiro atoms. The Morgan fingerprint density at radius 3 is 1.44 bits per heavy atom. The van der Waals surface area contributed by atoms with Gasteiger partial charge in [0.2, 0.25) is 0 Å². The van der Waals surface area contributed by atoms with Crippen LogP contribution >= 0.6 is 0 Å². The Balaban J connectivity index is 2.21. The van der Waals surface area contributed by atoms with E-state index in [1.165, 1.54) is 50.1 Å². The lowest BCUT2D eigenvalue weighted by Gasteiger charge is -2.29. The predicted molar refractivity (Wildman–Crippen MR) is 113 cm³/mol. The summed E-state index contributed by atoms with van der Waals surface area (Å²) >= 11 is 0. The second kappa shape index (κ2) is 7.00. The van der Waals surface area contributed by atoms with E-state index in [1.807, 2.05) is 0 Å². The second-order valence-electron chi connectivity index (χ2n) is 8.02. The highest BCUT2D eigenvalue weighted by Crippen LogP contribution is 2.24. The largest absolute Gasteiger partial charge is 0.200 e. The standard InChI is InChI=1S/C24H28B/c1-16-7-17(2)11-22(10-16)25(23-12-18(3)8-19(4)13-23)24-14-20(5)9-21(6)15-24/h7-15,25H,1-6H3. The van der Waals surface area contributed by atoms with E-state index in [9.17, 15) is 0 Å². The summed E-state index contributed by atoms with van der Waals surface area (Å²) in [6.45, 7) is 12.4. The van der Waals surface area contributed by atoms with Crippen molar-refractivity contribution < 1.29 is 0 Å². The van der Waals surface area contributed by atoms with Gasteiger partial charge in [-0.05, 0) is 41.5 Å². The molecule has 0 fully saturated rings. The summed E-state index contributed by atoms with van der Waals surface area (Å²) in [7, 11) is 0. The third-order valence-electron chi connectivity index (χ3n) is 5.07. The highest BCUT2D eigenvalue weighted by molar-refractivity contribution is 6.91. The van der Waals surface area contributed by atoms with E-state index in [4.69, 9.17) is 0 Å². The van der Waals surface area contributed by atoms with Crippen LogP contribution in [0.2, 0.25) is 0 Å². The van der Waals surface area contributed by atoms with Crippen molar-refractivity contribution in [3.8, 4) is 0 Å². The van der Waals surface area contributed by atoms with Crippen LogP contribution in [-0.4, -0.2) is 6.71 Å². The van der Waals surface area contributed by atoms with Gasteiger partial charge in [-0.1, -0.05) is 64.7 Å². The molecule has 0 bridgehead atoms. The van der Waals surface area contributed by atoms with E-state index in [2.05, 4.69) is 96.5 Å². The minimum atomic E-state index is -0.777. The Morgan fingerprint density at radius 1 is 0.600 bits per heavy atom. The molecule has 2 aromatic rings. The Morgan fingerprint density at radius 2 is 1.04 bits per heavy atom. The van der Waals surface area contributed by atoms with Gasteiger partial charge in [0.1, 0.15) is 5.57 Å². The monoisotopic (exact) mass is 327 g/mol. The molecule has 25 heavy (non-hydrogen) atoms. The molecule has 1 aliphatic rings. The summed E-state index contributed by atoms with van der Waals surface area (Å²) < 4.78 is 0. The molecule has 3 rings (SSSR count). The summed E-state index contributed by atoms with van der Waals surface area (Å²) in [5.41, 5.74) is 11.1. The first-order chi connectivity index (χ1) is 11.8. The van der Waals surface area contributed by atoms with Crippen LogP contribution in [0.1, 0.15) is 36.1 Å². The molecule has 0 nitrogen and oxygen atoms in total. The summed E-state index contributed by atoms with van der Waals surface area (Å²) in [5.74, 6) is 1.35. The van der Waals surface area contributed by atoms with Crippen molar-refractivity contribution in [2.75, 3.05) is 0 Å². The molecule has 0 aliphatic heterocycles. The molecule has 0 saturated carbocycles. The van der Waals surface area contributed by atoms with Gasteiger partial charge in [-0.15, -0.1) is 5.47 Å². The van der Waals surface area contributed by atoms with Gasteiger partial charge < -0.3 is 0 Å². The maximum atomic E-state index is 2.38. The van der Waals surface area contributed by atoms with Crippen LogP contribution in [0.5, 0.6) is 0 Å². The average Bonchev–Trinajstić information content (AvgIpc) is 2.44. The summed E-state index contributed by atoms with van der Waals surface area (Å²) in [6.07, 6.45) is 7.02. The fourth-order valence-corrected chi connectivity index (χ4v) is 4.53. The second-order valence-corrected chi connectivity index (χ2v) is 8.02. The Hall–Kier alpha value is -2.15. The van der Waals surface area contributed by atoms with Gasteiger partial charge in [0.25, 0.3) is 0 Å². The van der Waals surface area contributed by atoms with Gasteiger partial charge in [-0.25, -0.2) is 10.9 Å². The van der Waals surface area contributed by atoms with Gasteiger partial charge in [-0.3, -0.25) is 0 Å². The van der Waals surface area contributed by atoms with Crippen LogP contribution in [-0.2, 0) is 0 Å². The van der Waals surface area contributed by atoms with E-state index in [0.717, 1.165) is 0 Å². The fraction of sp³-hybridized carbons (Fsp3) is 0.250. The summed E-state index contributed by atoms with van der Waals surface area (Å²) in [6, 6.07) is 14.0. The van der Waals surface area contributed by atoms with Crippen molar-refractivity contribution in [3.63, 3.8) is 0 Å². The minimum absolute atomic E-state index is 0.777. The topological polar surface area (TPSA) is 0 Å². The molecular formula is C24H28B. The van der Waals surface area contributed by atoms with Crippen LogP contribution in [0.3, 0.4) is 0 Å². The molecule has 0 atom stereocenters. The Labute approximate surface area is 153 Å². The fourth-order valence-electron chi connectivity index (χ4n) is 4.53. The Kier molecular flexibility index (Phi) is 4.95. The van der Waals surface area contributed by atoms with E-state index < -0.39 is 6.71 Å². The van der Waals surface area contributed by atoms with Crippen molar-refractivity contribution in [1.82, 2.24) is 0 Å². The molecular weight excluding hydrogens is 299 g/mol. The zero-order chi connectivity index (χ0) is 18.1. The zero-order valence-corrected chi connectivity index (χ0v) is 16.4. The molecule has 0 unspecified atom stereocenters. The molecule has 127 valence electrons. The molecule has 0 heterocycles. The number of rotatable bonds is 3. The minimum Gasteiger partial charge on any atom is -0.200 e. The zero-order valence-electron chi connectivity index (χ0n) is 16.4. The first kappa shape index (κ1) is 17.7. The van der Waals surface area contributed by atoms with Crippen LogP contribution in [0.25, 0.3) is 0 Å². The SMILES string of the molecule is C[C]1C=C([BH-](c2cc(C)cc(C)c2)c2cc(C)cc(C)c2)C=C(C)[CH+]1. The van der Waals surface area contributed by atoms with Crippen molar-refractivity contribution >= 4 is 17.6 Å². The maximum Gasteiger partial charge on any atom is 0.101 e. The number of benzene rings is 2. The van der Waals surface area contributed by atoms with E-state index in [1.54, 1.807) is 0 Å². The lowest BCUT2D eigenvalue weighted by molar-refractivity contribution is 1.17. The van der Waals surface area contributed by atoms with Crippen LogP contribution in [0.15, 0.2) is 59.6 Å². The highest BCUT2D eigenvalue weighted by Gasteiger charge is 2.22. The summed E-state index contributed by atoms with van der Waals surface area (Å²) in [4.78, 5) is 0. The molecule has 1 heteroatoms. The molecule has 1 aliphatic carbocycles. The molecule has 0 saturated heterocycles. The van der Waals surface area contributed by atoms with Gasteiger partial charge >= 0.3 is 0 Å². The van der Waals surface area contributed by atoms with E-state index in [0.29, 0.717) is 0 Å². The van der Waals surface area contributed by atoms with Crippen LogP contribution < -0.4 is 10.9 Å². The van der Waals surface area contributed by atoms with Crippen molar-refractivity contribution in [2.24, 2.45) is 0 Å². The predicted octanol–water partition coefficient (Wildman–Crippen LogP) is 4.49. The Bertz CT molecular complexity index is 762. The first-order valence-electron chi connectivity index (χ1n) is 9.26. The van der Waals surface area contributed by atoms with Gasteiger partial charge in [0.05, 0.1) is 19.1 Å². The van der Waals surface area contributed by atoms with Gasteiger partial charge in [0.15, 0.2) is 0 Å². The maximum absolute atomic E-state index is 2.38. The van der Waals surface area contributed by atoms with E-state index in [-0.39, 0.29) is 0 Å². The van der Waals surface area contributed by atoms with Crippen LogP contribution in [0.4, 0.5) is 0 Å². The third kappa shape index (κ3) is 4.10. The molecule has 0 amide bonds. The number of hydrogen-bond acceptors (Lipinski definition) is 0. The third-order valence-corrected chi connectivity index (χ3v) is 5.07. The molecule has 0 aromatic heterocycles. The molecule has 2 aromatic carbocycles. The van der Waals surface area contributed by atoms with Crippen LogP contribution in [0, 0.1) is 40.0 Å². The number of hydrogen-bond donors (Lipinski definition) is 0. The lowest BCUT2D eigenvalue weighted by atomic mass is 9.35. The van der Waals surface area contributed by atoms with Gasteiger partial charge in [-0.2, -0.15) is 0 Å². The lowest BCUT2D eigenvalue weighted by Crippen LogP contribution is -2.45. The summed E-state index contributed by atoms with van der Waals surface area (Å²) in [5, 5.41) is 0. The molecule has 0 N–H and O–H groups in total.